The molecule has 1 unspecified atom stereocenters. The van der Waals surface area contributed by atoms with Crippen LogP contribution in [0.15, 0.2) is 30.3 Å². The van der Waals surface area contributed by atoms with Gasteiger partial charge in [0.05, 0.1) is 39.4 Å². The van der Waals surface area contributed by atoms with Gasteiger partial charge in [0.25, 0.3) is 5.91 Å². The van der Waals surface area contributed by atoms with E-state index >= 15 is 0 Å². The maximum Gasteiger partial charge on any atom is 0.317 e. The van der Waals surface area contributed by atoms with Crippen molar-refractivity contribution >= 4 is 36.1 Å². The van der Waals surface area contributed by atoms with Gasteiger partial charge < -0.3 is 30.0 Å². The van der Waals surface area contributed by atoms with Crippen molar-refractivity contribution in [1.82, 2.24) is 19.7 Å². The number of aldehydes is 1. The number of rotatable bonds is 23. The number of carbonyl (C=O) groups excluding carboxylic acids is 2. The average Bonchev–Trinajstić information content (AvgIpc) is 2.89. The molecule has 41 heavy (non-hydrogen) atoms. The molecule has 0 saturated carbocycles. The van der Waals surface area contributed by atoms with Crippen LogP contribution in [-0.2, 0) is 40.1 Å². The van der Waals surface area contributed by atoms with Crippen molar-refractivity contribution in [2.24, 2.45) is 5.84 Å². The standard InChI is InChI=1S/C25H37N5O11/c26-30(7-4-12-31)25(40)20(18-41-17-19-5-2-1-3-6-19)29(16-24(38)39)11-10-27(13-21(32)33)8-9-28(14-22(34)35)15-23(36)37/h1-3,5-6,12,20H,4,7-11,13-18,26H2,(H,32,33)(H,34,35)(H,36,37)(H,38,39). The molecule has 16 heteroatoms. The summed E-state index contributed by atoms with van der Waals surface area (Å²) in [5.74, 6) is 0.110. The summed E-state index contributed by atoms with van der Waals surface area (Å²) in [5.41, 5.74) is 0.800. The first kappa shape index (κ1) is 35.1. The Morgan fingerprint density at radius 1 is 0.756 bits per heavy atom. The zero-order valence-corrected chi connectivity index (χ0v) is 22.5. The quantitative estimate of drug-likeness (QED) is 0.0410. The molecule has 0 aliphatic heterocycles. The smallest absolute Gasteiger partial charge is 0.317 e. The molecule has 0 aliphatic rings. The summed E-state index contributed by atoms with van der Waals surface area (Å²) in [6.07, 6.45) is 0.527. The third kappa shape index (κ3) is 15.4. The molecule has 1 aromatic rings. The fourth-order valence-corrected chi connectivity index (χ4v) is 3.82. The second-order valence-electron chi connectivity index (χ2n) is 9.04. The van der Waals surface area contributed by atoms with Crippen LogP contribution in [0.5, 0.6) is 0 Å². The number of carboxylic acids is 4. The molecule has 0 heterocycles. The molecule has 0 bridgehead atoms. The fourth-order valence-electron chi connectivity index (χ4n) is 3.82. The summed E-state index contributed by atoms with van der Waals surface area (Å²) in [4.78, 5) is 73.1. The molecule has 0 fully saturated rings. The lowest BCUT2D eigenvalue weighted by atomic mass is 10.2. The second kappa shape index (κ2) is 19.2. The first-order chi connectivity index (χ1) is 19.4. The van der Waals surface area contributed by atoms with Gasteiger partial charge in [0.15, 0.2) is 0 Å². The molecule has 0 saturated heterocycles. The van der Waals surface area contributed by atoms with Crippen molar-refractivity contribution in [3.05, 3.63) is 35.9 Å². The van der Waals surface area contributed by atoms with E-state index in [-0.39, 0.29) is 52.4 Å². The summed E-state index contributed by atoms with van der Waals surface area (Å²) in [5, 5.41) is 37.8. The zero-order chi connectivity index (χ0) is 30.8. The zero-order valence-electron chi connectivity index (χ0n) is 22.5. The van der Waals surface area contributed by atoms with Crippen molar-refractivity contribution in [2.45, 2.75) is 19.1 Å². The third-order valence-corrected chi connectivity index (χ3v) is 5.73. The second-order valence-corrected chi connectivity index (χ2v) is 9.04. The Balaban J connectivity index is 3.09. The van der Waals surface area contributed by atoms with Gasteiger partial charge in [0, 0.05) is 39.1 Å². The highest BCUT2D eigenvalue weighted by atomic mass is 16.5. The number of nitrogens with zero attached hydrogens (tertiary/aromatic N) is 4. The lowest BCUT2D eigenvalue weighted by Crippen LogP contribution is -2.56. The van der Waals surface area contributed by atoms with Crippen molar-refractivity contribution in [2.75, 3.05) is 65.5 Å². The lowest BCUT2D eigenvalue weighted by Gasteiger charge is -2.33. The normalized spacial score (nSPS) is 11.9. The first-order valence-corrected chi connectivity index (χ1v) is 12.6. The predicted octanol–water partition coefficient (Wildman–Crippen LogP) is -1.89. The predicted molar refractivity (Wildman–Crippen MR) is 141 cm³/mol. The van der Waals surface area contributed by atoms with E-state index in [4.69, 9.17) is 20.8 Å². The van der Waals surface area contributed by atoms with Crippen LogP contribution in [-0.4, -0.2) is 148 Å². The topological polar surface area (TPSA) is 232 Å². The maximum atomic E-state index is 13.2. The molecule has 228 valence electrons. The van der Waals surface area contributed by atoms with Crippen LogP contribution < -0.4 is 5.84 Å². The van der Waals surface area contributed by atoms with Gasteiger partial charge in [-0.15, -0.1) is 0 Å². The Morgan fingerprint density at radius 2 is 1.27 bits per heavy atom. The molecule has 0 spiro atoms. The molecule has 1 aromatic carbocycles. The number of aliphatic carboxylic acids is 4. The highest BCUT2D eigenvalue weighted by Gasteiger charge is 2.31. The Bertz CT molecular complexity index is 995. The van der Waals surface area contributed by atoms with E-state index in [2.05, 4.69) is 0 Å². The van der Waals surface area contributed by atoms with E-state index in [1.807, 2.05) is 6.07 Å². The number of benzene rings is 1. The summed E-state index contributed by atoms with van der Waals surface area (Å²) in [7, 11) is 0. The number of hydrazine groups is 1. The molecule has 16 nitrogen and oxygen atoms in total. The van der Waals surface area contributed by atoms with Gasteiger partial charge in [-0.25, -0.2) is 5.84 Å². The van der Waals surface area contributed by atoms with E-state index in [1.54, 1.807) is 24.3 Å². The van der Waals surface area contributed by atoms with Crippen LogP contribution in [0, 0.1) is 0 Å². The molecule has 0 radical (unpaired) electrons. The van der Waals surface area contributed by atoms with E-state index in [0.29, 0.717) is 6.29 Å². The number of ether oxygens (including phenoxy) is 1. The maximum absolute atomic E-state index is 13.2. The molecule has 1 amide bonds. The third-order valence-electron chi connectivity index (χ3n) is 5.73. The molecule has 0 aromatic heterocycles. The molecule has 1 rings (SSSR count). The van der Waals surface area contributed by atoms with E-state index in [1.165, 1.54) is 9.80 Å². The summed E-state index contributed by atoms with van der Waals surface area (Å²) >= 11 is 0. The van der Waals surface area contributed by atoms with Gasteiger partial charge >= 0.3 is 23.9 Å². The largest absolute Gasteiger partial charge is 0.480 e. The Morgan fingerprint density at radius 3 is 1.80 bits per heavy atom. The molecule has 1 atom stereocenters. The number of carbonyl (C=O) groups is 6. The number of nitrogens with two attached hydrogens (primary N) is 1. The van der Waals surface area contributed by atoms with Crippen LogP contribution in [0.3, 0.4) is 0 Å². The first-order valence-electron chi connectivity index (χ1n) is 12.6. The number of hydrogen-bond acceptors (Lipinski definition) is 11. The minimum Gasteiger partial charge on any atom is -0.480 e. The van der Waals surface area contributed by atoms with Crippen LogP contribution in [0.2, 0.25) is 0 Å². The van der Waals surface area contributed by atoms with E-state index in [0.717, 1.165) is 15.5 Å². The summed E-state index contributed by atoms with van der Waals surface area (Å²) in [6, 6.07) is 7.80. The van der Waals surface area contributed by atoms with Gasteiger partial charge in [0.2, 0.25) is 0 Å². The van der Waals surface area contributed by atoms with Crippen molar-refractivity contribution in [1.29, 1.82) is 0 Å². The molecular weight excluding hydrogens is 546 g/mol. The Hall–Kier alpha value is -3.96. The van der Waals surface area contributed by atoms with Crippen LogP contribution >= 0.6 is 0 Å². The number of amides is 1. The van der Waals surface area contributed by atoms with Gasteiger partial charge in [0.1, 0.15) is 12.3 Å². The molecule has 0 aliphatic carbocycles. The van der Waals surface area contributed by atoms with Crippen LogP contribution in [0.4, 0.5) is 0 Å². The van der Waals surface area contributed by atoms with Crippen LogP contribution in [0.25, 0.3) is 0 Å². The monoisotopic (exact) mass is 583 g/mol. The van der Waals surface area contributed by atoms with E-state index in [9.17, 15) is 39.0 Å². The number of carboxylic acid groups (broad SMARTS) is 4. The van der Waals surface area contributed by atoms with Crippen molar-refractivity contribution in [3.8, 4) is 0 Å². The van der Waals surface area contributed by atoms with Gasteiger partial charge in [-0.3, -0.25) is 43.7 Å². The summed E-state index contributed by atoms with van der Waals surface area (Å²) < 4.78 is 5.71. The highest BCUT2D eigenvalue weighted by Crippen LogP contribution is 2.09. The average molecular weight is 584 g/mol. The Kier molecular flexibility index (Phi) is 16.4. The van der Waals surface area contributed by atoms with Gasteiger partial charge in [-0.05, 0) is 5.56 Å². The van der Waals surface area contributed by atoms with E-state index < -0.39 is 62.0 Å². The SMILES string of the molecule is NN(CCC=O)C(=O)C(COCc1ccccc1)N(CCN(CCN(CC(=O)O)CC(=O)O)CC(=O)O)CC(=O)O. The highest BCUT2D eigenvalue weighted by molar-refractivity contribution is 5.82. The van der Waals surface area contributed by atoms with Crippen molar-refractivity contribution < 1.29 is 53.9 Å². The minimum atomic E-state index is -1.28. The van der Waals surface area contributed by atoms with Crippen LogP contribution in [0.1, 0.15) is 12.0 Å². The fraction of sp³-hybridized carbons (Fsp3) is 0.520. The van der Waals surface area contributed by atoms with Crippen molar-refractivity contribution in [3.63, 3.8) is 0 Å². The lowest BCUT2D eigenvalue weighted by molar-refractivity contribution is -0.146. The molecular formula is C25H37N5O11. The van der Waals surface area contributed by atoms with Gasteiger partial charge in [-0.1, -0.05) is 30.3 Å². The Labute approximate surface area is 236 Å². The van der Waals surface area contributed by atoms with Gasteiger partial charge in [-0.2, -0.15) is 0 Å². The summed E-state index contributed by atoms with van der Waals surface area (Å²) in [6.45, 7) is -2.95. The molecule has 6 N–H and O–H groups in total. The number of hydrogen-bond donors (Lipinski definition) is 5. The minimum absolute atomic E-state index is 0.0473.